The zero-order valence-corrected chi connectivity index (χ0v) is 23.2. The van der Waals surface area contributed by atoms with Gasteiger partial charge < -0.3 is 24.6 Å². The topological polar surface area (TPSA) is 167 Å². The van der Waals surface area contributed by atoms with Gasteiger partial charge in [0.05, 0.1) is 24.0 Å². The molecule has 1 aliphatic carbocycles. The Morgan fingerprint density at radius 1 is 1.20 bits per heavy atom. The lowest BCUT2D eigenvalue weighted by Crippen LogP contribution is -2.51. The summed E-state index contributed by atoms with van der Waals surface area (Å²) in [4.78, 5) is 53.4. The van der Waals surface area contributed by atoms with Crippen molar-refractivity contribution in [3.63, 3.8) is 0 Å². The Bertz CT molecular complexity index is 1640. The fraction of sp³-hybridized carbons (Fsp3) is 0.370. The van der Waals surface area contributed by atoms with E-state index in [-0.39, 0.29) is 46.1 Å². The number of aromatic nitrogens is 5. The maximum absolute atomic E-state index is 13.3. The average Bonchev–Trinajstić information content (AvgIpc) is 3.35. The third kappa shape index (κ3) is 5.72. The highest BCUT2D eigenvalue weighted by molar-refractivity contribution is 6.07. The lowest BCUT2D eigenvalue weighted by atomic mass is 9.89. The van der Waals surface area contributed by atoms with Gasteiger partial charge in [0.25, 0.3) is 11.5 Å². The number of ether oxygens (including phenoxy) is 2. The quantitative estimate of drug-likeness (QED) is 0.339. The van der Waals surface area contributed by atoms with Crippen molar-refractivity contribution in [2.45, 2.75) is 51.4 Å². The van der Waals surface area contributed by atoms with Crippen molar-refractivity contribution in [2.75, 3.05) is 24.4 Å². The molecule has 0 spiro atoms. The number of rotatable bonds is 7. The van der Waals surface area contributed by atoms with Gasteiger partial charge >= 0.3 is 6.09 Å². The van der Waals surface area contributed by atoms with E-state index in [0.717, 1.165) is 12.8 Å². The van der Waals surface area contributed by atoms with Gasteiger partial charge in [0.2, 0.25) is 5.76 Å². The lowest BCUT2D eigenvalue weighted by Gasteiger charge is -2.35. The molecule has 0 radical (unpaired) electrons. The van der Waals surface area contributed by atoms with Crippen LogP contribution in [0.2, 0.25) is 0 Å². The van der Waals surface area contributed by atoms with Crippen LogP contribution < -0.4 is 21.1 Å². The fourth-order valence-electron chi connectivity index (χ4n) is 4.28. The number of hydrogen-bond acceptors (Lipinski definition) is 11. The molecule has 14 nitrogen and oxygen atoms in total. The van der Waals surface area contributed by atoms with Crippen LogP contribution in [0.4, 0.5) is 22.0 Å². The first kappa shape index (κ1) is 27.7. The number of pyridine rings is 2. The normalized spacial score (nSPS) is 16.6. The van der Waals surface area contributed by atoms with Gasteiger partial charge in [0.1, 0.15) is 22.6 Å². The number of hydrogen-bond donors (Lipinski definition) is 2. The highest BCUT2D eigenvalue weighted by Crippen LogP contribution is 2.32. The zero-order chi connectivity index (χ0) is 29.3. The second kappa shape index (κ2) is 11.0. The van der Waals surface area contributed by atoms with E-state index < -0.39 is 23.2 Å². The Kier molecular flexibility index (Phi) is 7.41. The summed E-state index contributed by atoms with van der Waals surface area (Å²) in [5.74, 6) is -0.181. The molecule has 14 heteroatoms. The fourth-order valence-corrected chi connectivity index (χ4v) is 4.28. The van der Waals surface area contributed by atoms with Gasteiger partial charge in [-0.05, 0) is 45.7 Å². The largest absolute Gasteiger partial charge is 0.443 e. The summed E-state index contributed by atoms with van der Waals surface area (Å²) in [6.07, 6.45) is 6.84. The number of fused-ring (bicyclic) bond motifs is 1. The summed E-state index contributed by atoms with van der Waals surface area (Å²) in [7, 11) is 3.09. The summed E-state index contributed by atoms with van der Waals surface area (Å²) >= 11 is 0. The van der Waals surface area contributed by atoms with E-state index >= 15 is 0 Å². The number of methoxy groups -OCH3 is 1. The van der Waals surface area contributed by atoms with Crippen molar-refractivity contribution in [1.29, 1.82) is 0 Å². The average molecular weight is 563 g/mol. The van der Waals surface area contributed by atoms with E-state index in [0.29, 0.717) is 5.82 Å². The summed E-state index contributed by atoms with van der Waals surface area (Å²) in [5.41, 5.74) is -0.513. The van der Waals surface area contributed by atoms with E-state index in [1.54, 1.807) is 46.2 Å². The van der Waals surface area contributed by atoms with Crippen LogP contribution in [0.1, 0.15) is 44.2 Å². The molecule has 0 aromatic carbocycles. The van der Waals surface area contributed by atoms with Gasteiger partial charge in [-0.1, -0.05) is 5.16 Å². The molecule has 1 saturated carbocycles. The molecular formula is C27H30N8O6. The first-order valence-electron chi connectivity index (χ1n) is 12.9. The third-order valence-corrected chi connectivity index (χ3v) is 6.49. The van der Waals surface area contributed by atoms with E-state index in [1.165, 1.54) is 41.2 Å². The predicted octanol–water partition coefficient (Wildman–Crippen LogP) is 3.19. The number of nitrogens with zero attached hydrogens (tertiary/aromatic N) is 6. The van der Waals surface area contributed by atoms with Gasteiger partial charge in [-0.25, -0.2) is 14.8 Å². The van der Waals surface area contributed by atoms with Gasteiger partial charge in [-0.3, -0.25) is 24.0 Å². The van der Waals surface area contributed by atoms with Gasteiger partial charge in [0.15, 0.2) is 11.3 Å². The Morgan fingerprint density at radius 3 is 2.66 bits per heavy atom. The minimum absolute atomic E-state index is 0.0939. The molecule has 214 valence electrons. The van der Waals surface area contributed by atoms with Crippen LogP contribution in [0.3, 0.4) is 0 Å². The predicted molar refractivity (Wildman–Crippen MR) is 149 cm³/mol. The van der Waals surface area contributed by atoms with Crippen molar-refractivity contribution >= 4 is 40.2 Å². The maximum atomic E-state index is 13.3. The highest BCUT2D eigenvalue weighted by atomic mass is 16.6. The molecule has 0 bridgehead atoms. The minimum atomic E-state index is -0.760. The molecule has 1 fully saturated rings. The summed E-state index contributed by atoms with van der Waals surface area (Å²) in [5, 5.41) is 9.95. The maximum Gasteiger partial charge on any atom is 0.414 e. The van der Waals surface area contributed by atoms with Crippen LogP contribution in [0.5, 0.6) is 0 Å². The molecule has 5 rings (SSSR count). The first-order chi connectivity index (χ1) is 19.6. The Labute approximate surface area is 234 Å². The number of carbonyl (C=O) groups is 2. The first-order valence-corrected chi connectivity index (χ1v) is 12.9. The Hall–Kier alpha value is -4.85. The molecule has 2 atom stereocenters. The molecule has 4 aromatic heterocycles. The molecule has 2 amide bonds. The molecule has 0 aliphatic heterocycles. The zero-order valence-electron chi connectivity index (χ0n) is 23.2. The number of nitrogens with one attached hydrogen (secondary N) is 2. The highest BCUT2D eigenvalue weighted by Gasteiger charge is 2.34. The second-order valence-electron chi connectivity index (χ2n) is 10.5. The van der Waals surface area contributed by atoms with Crippen LogP contribution in [0.25, 0.3) is 16.9 Å². The van der Waals surface area contributed by atoms with E-state index in [1.807, 2.05) is 0 Å². The molecule has 1 aliphatic rings. The van der Waals surface area contributed by atoms with E-state index in [4.69, 9.17) is 14.0 Å². The van der Waals surface area contributed by atoms with Crippen molar-refractivity contribution in [1.82, 2.24) is 30.0 Å². The lowest BCUT2D eigenvalue weighted by molar-refractivity contribution is 0.00677. The van der Waals surface area contributed by atoms with Crippen LogP contribution in [-0.4, -0.2) is 68.6 Å². The van der Waals surface area contributed by atoms with Crippen molar-refractivity contribution in [3.05, 3.63) is 59.1 Å². The number of amides is 2. The van der Waals surface area contributed by atoms with Crippen molar-refractivity contribution in [2.24, 2.45) is 0 Å². The SMILES string of the molecule is CO[C@@H]1CC[C@H]1NC(=O)c1onc2c(N(C)C(=O)OC(C)(C)C)cc(Nc3cccn(-c4cnccn4)c3=O)nc12. The van der Waals surface area contributed by atoms with E-state index in [2.05, 4.69) is 30.7 Å². The Balaban J connectivity index is 1.56. The molecular weight excluding hydrogens is 532 g/mol. The van der Waals surface area contributed by atoms with Crippen LogP contribution in [-0.2, 0) is 9.47 Å². The molecule has 4 aromatic rings. The van der Waals surface area contributed by atoms with E-state index in [9.17, 15) is 14.4 Å². The summed E-state index contributed by atoms with van der Waals surface area (Å²) in [6, 6.07) is 4.57. The minimum Gasteiger partial charge on any atom is -0.443 e. The molecule has 0 saturated heterocycles. The summed E-state index contributed by atoms with van der Waals surface area (Å²) < 4.78 is 17.7. The monoisotopic (exact) mass is 562 g/mol. The van der Waals surface area contributed by atoms with Crippen LogP contribution in [0, 0.1) is 0 Å². The van der Waals surface area contributed by atoms with Gasteiger partial charge in [-0.2, -0.15) is 0 Å². The Morgan fingerprint density at radius 2 is 2.00 bits per heavy atom. The molecule has 4 heterocycles. The standard InChI is InChI=1S/C27H30N8O6/c1-27(2,3)40-26(38)34(4)17-13-19(30-16-7-6-12-35(25(16)37)20-14-28-10-11-29-20)32-22-21(17)33-41-23(22)24(36)31-15-8-9-18(15)39-5/h6-7,10-15,18H,8-9H2,1-5H3,(H,30,32)(H,31,36)/t15-,18-/m1/s1. The van der Waals surface area contributed by atoms with Crippen LogP contribution in [0.15, 0.2) is 52.3 Å². The summed E-state index contributed by atoms with van der Waals surface area (Å²) in [6.45, 7) is 5.24. The number of anilines is 3. The smallest absolute Gasteiger partial charge is 0.414 e. The molecule has 41 heavy (non-hydrogen) atoms. The third-order valence-electron chi connectivity index (χ3n) is 6.49. The van der Waals surface area contributed by atoms with Crippen molar-refractivity contribution < 1.29 is 23.6 Å². The number of carbonyl (C=O) groups excluding carboxylic acids is 2. The second-order valence-corrected chi connectivity index (χ2v) is 10.5. The van der Waals surface area contributed by atoms with Crippen molar-refractivity contribution in [3.8, 4) is 5.82 Å². The van der Waals surface area contributed by atoms with Gasteiger partial charge in [-0.15, -0.1) is 0 Å². The van der Waals surface area contributed by atoms with Gasteiger partial charge in [0, 0.05) is 38.8 Å². The molecule has 2 N–H and O–H groups in total. The van der Waals surface area contributed by atoms with Crippen LogP contribution >= 0.6 is 0 Å². The molecule has 0 unspecified atom stereocenters.